The number of nitrogens with one attached hydrogen (secondary N) is 1. The first-order chi connectivity index (χ1) is 11.9. The van der Waals surface area contributed by atoms with Crippen molar-refractivity contribution in [3.63, 3.8) is 0 Å². The van der Waals surface area contributed by atoms with Crippen LogP contribution in [-0.2, 0) is 4.79 Å². The van der Waals surface area contributed by atoms with E-state index in [1.165, 1.54) is 5.56 Å². The fraction of sp³-hybridized carbons (Fsp3) is 0.579. The minimum absolute atomic E-state index is 0.0358. The van der Waals surface area contributed by atoms with Crippen LogP contribution >= 0.6 is 0 Å². The van der Waals surface area contributed by atoms with Crippen molar-refractivity contribution in [2.24, 2.45) is 11.7 Å². The van der Waals surface area contributed by atoms with Crippen LogP contribution in [0.1, 0.15) is 48.4 Å². The number of aryl methyl sites for hydroxylation is 2. The first-order valence-electron chi connectivity index (χ1n) is 9.01. The molecule has 2 heterocycles. The molecule has 2 atom stereocenters. The lowest BCUT2D eigenvalue weighted by Gasteiger charge is -2.35. The highest BCUT2D eigenvalue weighted by molar-refractivity contribution is 5.76. The molecule has 1 fully saturated rings. The highest BCUT2D eigenvalue weighted by Gasteiger charge is 2.29. The van der Waals surface area contributed by atoms with Crippen LogP contribution in [0, 0.1) is 19.8 Å². The van der Waals surface area contributed by atoms with Crippen LogP contribution in [0.3, 0.4) is 0 Å². The number of hydrogen-bond donors (Lipinski definition) is 2. The van der Waals surface area contributed by atoms with Crippen LogP contribution < -0.4 is 15.8 Å². The monoisotopic (exact) mass is 345 g/mol. The fourth-order valence-electron chi connectivity index (χ4n) is 3.97. The number of urea groups is 1. The summed E-state index contributed by atoms with van der Waals surface area (Å²) in [7, 11) is 0. The predicted molar refractivity (Wildman–Crippen MR) is 95.4 cm³/mol. The Morgan fingerprint density at radius 1 is 1.32 bits per heavy atom. The zero-order chi connectivity index (χ0) is 18.0. The molecule has 0 saturated carbocycles. The number of ether oxygens (including phenoxy) is 1. The molecule has 0 radical (unpaired) electrons. The summed E-state index contributed by atoms with van der Waals surface area (Å²) < 4.78 is 5.81. The van der Waals surface area contributed by atoms with Crippen molar-refractivity contribution in [1.82, 2.24) is 10.2 Å². The summed E-state index contributed by atoms with van der Waals surface area (Å²) >= 11 is 0. The molecule has 1 aromatic rings. The van der Waals surface area contributed by atoms with E-state index in [-0.39, 0.29) is 23.9 Å². The van der Waals surface area contributed by atoms with E-state index in [1.807, 2.05) is 11.8 Å². The third-order valence-corrected chi connectivity index (χ3v) is 5.07. The maximum atomic E-state index is 12.7. The van der Waals surface area contributed by atoms with Gasteiger partial charge in [-0.15, -0.1) is 0 Å². The minimum Gasteiger partial charge on any atom is -0.493 e. The van der Waals surface area contributed by atoms with Gasteiger partial charge in [0.15, 0.2) is 0 Å². The van der Waals surface area contributed by atoms with Crippen LogP contribution in [0.25, 0.3) is 0 Å². The number of likely N-dealkylation sites (tertiary alicyclic amines) is 1. The van der Waals surface area contributed by atoms with Crippen molar-refractivity contribution < 1.29 is 14.3 Å². The Kier molecular flexibility index (Phi) is 5.16. The van der Waals surface area contributed by atoms with E-state index in [0.717, 1.165) is 42.7 Å². The molecular weight excluding hydrogens is 318 g/mol. The molecule has 1 aromatic carbocycles. The number of fused-ring (bicyclic) bond motifs is 1. The lowest BCUT2D eigenvalue weighted by atomic mass is 9.94. The number of rotatable bonds is 3. The smallest absolute Gasteiger partial charge is 0.317 e. The SMILES string of the molecule is Cc1cc(C)c2c(c1)C(NC(=O)N1CCCC(CC(N)=O)C1)CCO2. The molecule has 3 amide bonds. The number of nitrogens with zero attached hydrogens (tertiary/aromatic N) is 1. The summed E-state index contributed by atoms with van der Waals surface area (Å²) in [5.41, 5.74) is 8.63. The second kappa shape index (κ2) is 7.33. The quantitative estimate of drug-likeness (QED) is 0.882. The van der Waals surface area contributed by atoms with Gasteiger partial charge in [0, 0.05) is 31.5 Å². The Morgan fingerprint density at radius 3 is 2.88 bits per heavy atom. The number of benzene rings is 1. The van der Waals surface area contributed by atoms with Gasteiger partial charge in [-0.3, -0.25) is 4.79 Å². The van der Waals surface area contributed by atoms with E-state index >= 15 is 0 Å². The lowest BCUT2D eigenvalue weighted by molar-refractivity contribution is -0.119. The number of carbonyl (C=O) groups is 2. The molecule has 0 spiro atoms. The highest BCUT2D eigenvalue weighted by Crippen LogP contribution is 2.36. The Balaban J connectivity index is 1.69. The number of primary amides is 1. The second-order valence-electron chi connectivity index (χ2n) is 7.26. The van der Waals surface area contributed by atoms with Gasteiger partial charge in [-0.1, -0.05) is 17.7 Å². The summed E-state index contributed by atoms with van der Waals surface area (Å²) in [6.45, 7) is 6.02. The van der Waals surface area contributed by atoms with Gasteiger partial charge >= 0.3 is 6.03 Å². The van der Waals surface area contributed by atoms with E-state index in [1.54, 1.807) is 0 Å². The minimum atomic E-state index is -0.295. The number of piperidine rings is 1. The molecule has 0 bridgehead atoms. The largest absolute Gasteiger partial charge is 0.493 e. The molecule has 3 rings (SSSR count). The molecule has 6 heteroatoms. The van der Waals surface area contributed by atoms with Gasteiger partial charge in [0.2, 0.25) is 5.91 Å². The Morgan fingerprint density at radius 2 is 2.12 bits per heavy atom. The average molecular weight is 345 g/mol. The third kappa shape index (κ3) is 4.06. The third-order valence-electron chi connectivity index (χ3n) is 5.07. The van der Waals surface area contributed by atoms with E-state index in [2.05, 4.69) is 24.4 Å². The first-order valence-corrected chi connectivity index (χ1v) is 9.01. The van der Waals surface area contributed by atoms with Crippen molar-refractivity contribution in [2.75, 3.05) is 19.7 Å². The molecule has 0 aromatic heterocycles. The van der Waals surface area contributed by atoms with Gasteiger partial charge in [0.25, 0.3) is 0 Å². The molecule has 2 aliphatic rings. The van der Waals surface area contributed by atoms with Crippen molar-refractivity contribution in [2.45, 2.75) is 45.6 Å². The molecular formula is C19H27N3O3. The van der Waals surface area contributed by atoms with Gasteiger partial charge in [0.1, 0.15) is 5.75 Å². The fourth-order valence-corrected chi connectivity index (χ4v) is 3.97. The number of nitrogens with two attached hydrogens (primary N) is 1. The van der Waals surface area contributed by atoms with Crippen molar-refractivity contribution in [3.05, 3.63) is 28.8 Å². The molecule has 6 nitrogen and oxygen atoms in total. The molecule has 3 N–H and O–H groups in total. The molecule has 1 saturated heterocycles. The van der Waals surface area contributed by atoms with Gasteiger partial charge in [-0.05, 0) is 38.2 Å². The average Bonchev–Trinajstić information content (AvgIpc) is 2.55. The Labute approximate surface area is 148 Å². The number of amides is 3. The molecule has 136 valence electrons. The second-order valence-corrected chi connectivity index (χ2v) is 7.26. The zero-order valence-corrected chi connectivity index (χ0v) is 15.0. The molecule has 2 aliphatic heterocycles. The maximum absolute atomic E-state index is 12.7. The summed E-state index contributed by atoms with van der Waals surface area (Å²) in [6.07, 6.45) is 2.97. The molecule has 25 heavy (non-hydrogen) atoms. The summed E-state index contributed by atoms with van der Waals surface area (Å²) in [5, 5.41) is 3.16. The van der Waals surface area contributed by atoms with Gasteiger partial charge in [0.05, 0.1) is 12.6 Å². The zero-order valence-electron chi connectivity index (χ0n) is 15.0. The topological polar surface area (TPSA) is 84.7 Å². The normalized spacial score (nSPS) is 22.7. The lowest BCUT2D eigenvalue weighted by Crippen LogP contribution is -2.47. The van der Waals surface area contributed by atoms with Gasteiger partial charge in [-0.25, -0.2) is 4.79 Å². The first kappa shape index (κ1) is 17.6. The number of hydrogen-bond acceptors (Lipinski definition) is 3. The van der Waals surface area contributed by atoms with Gasteiger partial charge in [-0.2, -0.15) is 0 Å². The van der Waals surface area contributed by atoms with E-state index in [0.29, 0.717) is 19.6 Å². The van der Waals surface area contributed by atoms with E-state index in [4.69, 9.17) is 10.5 Å². The van der Waals surface area contributed by atoms with Crippen LogP contribution in [0.4, 0.5) is 4.79 Å². The van der Waals surface area contributed by atoms with Crippen molar-refractivity contribution >= 4 is 11.9 Å². The molecule has 2 unspecified atom stereocenters. The Bertz CT molecular complexity index is 674. The van der Waals surface area contributed by atoms with Crippen LogP contribution in [-0.4, -0.2) is 36.5 Å². The van der Waals surface area contributed by atoms with Crippen LogP contribution in [0.15, 0.2) is 12.1 Å². The maximum Gasteiger partial charge on any atom is 0.317 e. The van der Waals surface area contributed by atoms with Crippen molar-refractivity contribution in [1.29, 1.82) is 0 Å². The molecule has 0 aliphatic carbocycles. The summed E-state index contributed by atoms with van der Waals surface area (Å²) in [4.78, 5) is 25.7. The summed E-state index contributed by atoms with van der Waals surface area (Å²) in [6, 6.07) is 4.10. The standard InChI is InChI=1S/C19H27N3O3/c1-12-8-13(2)18-15(9-12)16(5-7-25-18)21-19(24)22-6-3-4-14(11-22)10-17(20)23/h8-9,14,16H,3-7,10-11H2,1-2H3,(H2,20,23)(H,21,24). The highest BCUT2D eigenvalue weighted by atomic mass is 16.5. The van der Waals surface area contributed by atoms with E-state index < -0.39 is 0 Å². The van der Waals surface area contributed by atoms with E-state index in [9.17, 15) is 9.59 Å². The predicted octanol–water partition coefficient (Wildman–Crippen LogP) is 2.42. The van der Waals surface area contributed by atoms with Crippen LogP contribution in [0.5, 0.6) is 5.75 Å². The van der Waals surface area contributed by atoms with Crippen LogP contribution in [0.2, 0.25) is 0 Å². The number of carbonyl (C=O) groups excluding carboxylic acids is 2. The van der Waals surface area contributed by atoms with Gasteiger partial charge < -0.3 is 20.7 Å². The summed E-state index contributed by atoms with van der Waals surface area (Å²) in [5.74, 6) is 0.771. The Hall–Kier alpha value is -2.24. The van der Waals surface area contributed by atoms with Crippen molar-refractivity contribution in [3.8, 4) is 5.75 Å².